The summed E-state index contributed by atoms with van der Waals surface area (Å²) in [5.74, 6) is -13.3. The number of fused-ring (bicyclic) bond motifs is 14. The molecule has 34 heteroatoms. The van der Waals surface area contributed by atoms with Crippen LogP contribution in [0.4, 0.5) is 5.69 Å². The van der Waals surface area contributed by atoms with Gasteiger partial charge in [0.1, 0.15) is 53.0 Å². The number of allylic oxidation sites excluding steroid dienone is 2. The van der Waals surface area contributed by atoms with E-state index < -0.39 is 196 Å². The molecule has 124 heavy (non-hydrogen) atoms. The van der Waals surface area contributed by atoms with Crippen LogP contribution >= 0.6 is 0 Å². The number of aromatic hydroxyl groups is 3. The normalized spacial score (nSPS) is 37.5. The van der Waals surface area contributed by atoms with E-state index in [1.807, 2.05) is 46.8 Å². The predicted octanol–water partition coefficient (Wildman–Crippen LogP) is 5.83. The average molecular weight is 1760 g/mol. The number of hydrogen-bond acceptors (Lipinski definition) is 33. The second-order valence-corrected chi connectivity index (χ2v) is 36.1. The number of likely N-dealkylation sites (N-methyl/N-ethyl adjacent to an activating group) is 2. The molecule has 34 nitrogen and oxygen atoms in total. The number of piperazine rings is 1. The van der Waals surface area contributed by atoms with Crippen molar-refractivity contribution in [3.63, 3.8) is 0 Å². The summed E-state index contributed by atoms with van der Waals surface area (Å²) in [7, 11) is 8.60. The molecule has 7 aliphatic heterocycles. The Morgan fingerprint density at radius 3 is 1.90 bits per heavy atom. The standard InChI is InChI=1S/C43H58N4O12.C37H67NO13.C10H24N2O2/c1-21-12-11-13-22(2)42(55)45-33-28(20-44-47-17-15-46(9)16-18-47)37(52)30-31(38(33)53)36(51)26(6)40-32(30)41(54)43(8,59-40)57-19-14-29(56-10)23(3)39(58-27(7)48)25(5)35(50)24(4)34(21)49;1-14-25-37(10,45)30(41)20(4)27(39)18(2)16-35(8,44)32(51-34-28(40)24(38(11)12)15-19(3)47-34)21(5)29(22(6)33(43)49-25)50-26-17-36(9,46-13)31(42)23(7)48-26;1-3-9(7-13)11-5-6-12-10(4-2)8-14/h11-14,19-21,23-25,29,34-35,39,49-53H,15-18H2,1-10H3,(H,45,55);18-26,28-32,34,40-42,44-45H,14-17H2,1-13H3;9-14H,3-8H2,1-2H3/b12-11+,19-14+,22-13-,44-20+;;/t21-,23+,24+,25+,29-,34-,35+,39+,43-;18-,19-,20+,21+,22-,23+,24+,25-,26+,28-,29+,30-,31+,32-,34+,35-,36-,37-;9-,10-/m010/s1. The molecule has 7 heterocycles. The number of ketones is 2. The van der Waals surface area contributed by atoms with E-state index in [2.05, 4.69) is 26.0 Å². The number of rotatable bonds is 20. The number of nitrogens with one attached hydrogen (secondary N) is 3. The van der Waals surface area contributed by atoms with Crippen LogP contribution in [0.25, 0.3) is 10.8 Å². The smallest absolute Gasteiger partial charge is 0.312 e. The Hall–Kier alpha value is -6.62. The van der Waals surface area contributed by atoms with Crippen molar-refractivity contribution >= 4 is 52.1 Å². The Balaban J connectivity index is 0.000000334. The fourth-order valence-electron chi connectivity index (χ4n) is 17.6. The van der Waals surface area contributed by atoms with Crippen molar-refractivity contribution in [2.24, 2.45) is 52.4 Å². The lowest BCUT2D eigenvalue weighted by Crippen LogP contribution is -2.61. The largest absolute Gasteiger partial charge is 0.507 e. The molecule has 7 aliphatic rings. The highest BCUT2D eigenvalue weighted by Gasteiger charge is 2.55. The fraction of sp³-hybridized carbons (Fsp3) is 0.756. The maximum atomic E-state index is 14.4. The van der Waals surface area contributed by atoms with Crippen LogP contribution in [0.2, 0.25) is 0 Å². The summed E-state index contributed by atoms with van der Waals surface area (Å²) in [4.78, 5) is 72.4. The number of hydrogen-bond donors (Lipinski definition) is 15. The molecule has 15 N–H and O–H groups in total. The second kappa shape index (κ2) is 46.1. The minimum atomic E-state index is -2.04. The van der Waals surface area contributed by atoms with E-state index in [9.17, 15) is 75.0 Å². The fourth-order valence-corrected chi connectivity index (χ4v) is 17.6. The zero-order valence-electron chi connectivity index (χ0n) is 77.6. The lowest BCUT2D eigenvalue weighted by Gasteiger charge is -2.49. The molecule has 0 spiro atoms. The first-order chi connectivity index (χ1) is 57.9. The van der Waals surface area contributed by atoms with Gasteiger partial charge in [-0.25, -0.2) is 0 Å². The van der Waals surface area contributed by atoms with Gasteiger partial charge in [-0.1, -0.05) is 87.5 Å². The number of aliphatic hydroxyl groups is 9. The Morgan fingerprint density at radius 2 is 1.35 bits per heavy atom. The zero-order chi connectivity index (χ0) is 93.4. The number of nitrogens with zero attached hydrogens (tertiary/aromatic N) is 4. The van der Waals surface area contributed by atoms with Gasteiger partial charge in [-0.05, 0) is 115 Å². The summed E-state index contributed by atoms with van der Waals surface area (Å²) in [6.07, 6.45) is -2.97. The Bertz CT molecular complexity index is 3950. The molecule has 4 fully saturated rings. The summed E-state index contributed by atoms with van der Waals surface area (Å²) in [6, 6.07) is 0.0763. The molecule has 5 bridgehead atoms. The first-order valence-corrected chi connectivity index (χ1v) is 43.7. The molecule has 9 rings (SSSR count). The zero-order valence-corrected chi connectivity index (χ0v) is 77.6. The number of anilines is 1. The van der Waals surface area contributed by atoms with Crippen molar-refractivity contribution in [3.8, 4) is 23.0 Å². The molecule has 0 radical (unpaired) electrons. The molecular weight excluding hydrogens is 1610 g/mol. The van der Waals surface area contributed by atoms with E-state index in [4.69, 9.17) is 57.6 Å². The number of carbonyl (C=O) groups excluding carboxylic acids is 5. The van der Waals surface area contributed by atoms with Gasteiger partial charge < -0.3 is 134 Å². The van der Waals surface area contributed by atoms with Crippen molar-refractivity contribution < 1.29 is 133 Å². The van der Waals surface area contributed by atoms with Gasteiger partial charge in [-0.15, -0.1) is 0 Å². The molecule has 0 aromatic heterocycles. The maximum Gasteiger partial charge on any atom is 0.312 e. The van der Waals surface area contributed by atoms with Gasteiger partial charge >= 0.3 is 17.7 Å². The van der Waals surface area contributed by atoms with Crippen molar-refractivity contribution in [1.29, 1.82) is 0 Å². The number of benzene rings is 2. The number of methoxy groups -OCH3 is 2. The Morgan fingerprint density at radius 1 is 0.742 bits per heavy atom. The second-order valence-electron chi connectivity index (χ2n) is 36.1. The van der Waals surface area contributed by atoms with Crippen LogP contribution in [0.5, 0.6) is 23.0 Å². The summed E-state index contributed by atoms with van der Waals surface area (Å²) < 4.78 is 60.7. The molecule has 2 aromatic carbocycles. The van der Waals surface area contributed by atoms with Crippen molar-refractivity contribution in [1.82, 2.24) is 25.4 Å². The minimum absolute atomic E-state index is 0.0559. The first kappa shape index (κ1) is 106. The number of Topliss-reactive ketones (excluding diaryl/α,β-unsaturated/α-hetero) is 2. The lowest BCUT2D eigenvalue weighted by molar-refractivity contribution is -0.318. The first-order valence-electron chi connectivity index (χ1n) is 43.7. The third kappa shape index (κ3) is 25.3. The Kier molecular flexibility index (Phi) is 39.4. The number of esters is 2. The van der Waals surface area contributed by atoms with E-state index in [0.717, 1.165) is 39.0 Å². The number of phenols is 3. The molecule has 2 aromatic rings. The number of ether oxygens (including phenoxy) is 10. The third-order valence-electron chi connectivity index (χ3n) is 26.1. The van der Waals surface area contributed by atoms with E-state index in [1.165, 1.54) is 87.3 Å². The van der Waals surface area contributed by atoms with Crippen LogP contribution in [-0.4, -0.2) is 326 Å². The van der Waals surface area contributed by atoms with Gasteiger partial charge in [-0.3, -0.25) is 29.0 Å². The van der Waals surface area contributed by atoms with Crippen LogP contribution in [0.3, 0.4) is 0 Å². The summed E-state index contributed by atoms with van der Waals surface area (Å²) in [5.41, 5.74) is -5.19. The van der Waals surface area contributed by atoms with Gasteiger partial charge in [0, 0.05) is 150 Å². The van der Waals surface area contributed by atoms with Crippen LogP contribution in [-0.2, 0) is 61.8 Å². The quantitative estimate of drug-likeness (QED) is 0.0244. The number of amides is 1. The molecule has 29 atom stereocenters. The van der Waals surface area contributed by atoms with Crippen LogP contribution in [0.15, 0.2) is 41.2 Å². The van der Waals surface area contributed by atoms with Crippen molar-refractivity contribution in [3.05, 3.63) is 52.8 Å². The van der Waals surface area contributed by atoms with Gasteiger partial charge in [0.25, 0.3) is 11.7 Å². The van der Waals surface area contributed by atoms with E-state index in [-0.39, 0.29) is 101 Å². The number of carbonyl (C=O) groups is 5. The molecule has 0 saturated carbocycles. The molecule has 1 amide bonds. The van der Waals surface area contributed by atoms with Crippen LogP contribution < -0.4 is 20.7 Å². The van der Waals surface area contributed by atoms with E-state index in [0.29, 0.717) is 19.5 Å². The average Bonchev–Trinajstić information content (AvgIpc) is 1.52. The van der Waals surface area contributed by atoms with Gasteiger partial charge in [0.2, 0.25) is 0 Å². The molecular formula is C90H149N7O27. The summed E-state index contributed by atoms with van der Waals surface area (Å²) >= 11 is 0. The number of cyclic esters (lactones) is 1. The Labute approximate surface area is 731 Å². The van der Waals surface area contributed by atoms with Crippen LogP contribution in [0, 0.1) is 54.3 Å². The SMILES string of the molecule is CC[C@@H](CO)NCCN[C@@H](CC)CO.CC[C@H]1OC(=O)[C@H](C)[C@@H](O[C@H]2C[C@@](C)(OC)[C@@H](O)[C@H](C)O2)[C@H](C)[C@@H](O[C@@H]2O[C@H](C)C[C@H](N(C)C)[C@H]2O)[C@](C)(O)C[C@@H](C)C(=O)[C@H](C)[C@@H](O)[C@]1(C)O.CO[C@H]1/C=C/O[C@@]2(C)Oc3c(C)c(O)c4c(O)c(c(/C=N/N5CCN(C)CC5)c(O)c4c3C2=O)NC(=O)/C(C)=C\C=C\[C@H](C)[C@H](O)[C@@H](C)[C@@H](O)[C@@H](C)[C@H](OC(C)=O)[C@@H]1C. The van der Waals surface area contributed by atoms with E-state index >= 15 is 0 Å². The number of hydrazone groups is 1. The van der Waals surface area contributed by atoms with Gasteiger partial charge in [0.15, 0.2) is 18.3 Å². The molecule has 0 unspecified atom stereocenters. The van der Waals surface area contributed by atoms with E-state index in [1.54, 1.807) is 86.4 Å². The lowest BCUT2D eigenvalue weighted by atomic mass is 9.74. The van der Waals surface area contributed by atoms with Gasteiger partial charge in [-0.2, -0.15) is 5.10 Å². The summed E-state index contributed by atoms with van der Waals surface area (Å²) in [6.45, 7) is 37.5. The molecule has 4 saturated heterocycles. The number of phenolic OH excluding ortho intramolecular Hbond substituents is 3. The molecule has 706 valence electrons. The van der Waals surface area contributed by atoms with Crippen molar-refractivity contribution in [2.75, 3.05) is 93.2 Å². The molecule has 0 aliphatic carbocycles. The third-order valence-corrected chi connectivity index (χ3v) is 26.1. The van der Waals surface area contributed by atoms with Crippen molar-refractivity contribution in [2.45, 2.75) is 304 Å². The minimum Gasteiger partial charge on any atom is -0.507 e. The highest BCUT2D eigenvalue weighted by Crippen LogP contribution is 2.55. The summed E-state index contributed by atoms with van der Waals surface area (Å²) in [5, 5.41) is 149. The topological polar surface area (TPSA) is 479 Å². The highest BCUT2D eigenvalue weighted by molar-refractivity contribution is 6.24. The van der Waals surface area contributed by atoms with Gasteiger partial charge in [0.05, 0.1) is 114 Å². The predicted molar refractivity (Wildman–Crippen MR) is 465 cm³/mol. The monoisotopic (exact) mass is 1760 g/mol. The maximum absolute atomic E-state index is 14.4. The number of aliphatic hydroxyl groups excluding tert-OH is 7. The van der Waals surface area contributed by atoms with Crippen LogP contribution in [0.1, 0.15) is 192 Å². The highest BCUT2D eigenvalue weighted by atomic mass is 16.7.